The molecule has 0 bridgehead atoms. The third-order valence-corrected chi connectivity index (χ3v) is 3.19. The Morgan fingerprint density at radius 2 is 1.77 bits per heavy atom. The minimum Gasteiger partial charge on any atom is -0.375 e. The zero-order valence-corrected chi connectivity index (χ0v) is 8.67. The molecule has 2 atom stereocenters. The molecule has 0 spiro atoms. The second-order valence-electron chi connectivity index (χ2n) is 4.42. The summed E-state index contributed by atoms with van der Waals surface area (Å²) < 4.78 is 11.6. The van der Waals surface area contributed by atoms with Gasteiger partial charge in [-0.1, -0.05) is 12.2 Å². The summed E-state index contributed by atoms with van der Waals surface area (Å²) in [4.78, 5) is 0. The number of rotatable bonds is 3. The summed E-state index contributed by atoms with van der Waals surface area (Å²) in [5.41, 5.74) is 0.0106. The van der Waals surface area contributed by atoms with Gasteiger partial charge in [-0.25, -0.2) is 0 Å². The van der Waals surface area contributed by atoms with Crippen molar-refractivity contribution in [2.75, 3.05) is 7.11 Å². The monoisotopic (exact) mass is 182 g/mol. The summed E-state index contributed by atoms with van der Waals surface area (Å²) in [6.07, 6.45) is 7.80. The zero-order chi connectivity index (χ0) is 9.53. The highest BCUT2D eigenvalue weighted by Gasteiger charge is 2.69. The van der Waals surface area contributed by atoms with Crippen molar-refractivity contribution in [1.29, 1.82) is 0 Å². The van der Waals surface area contributed by atoms with Crippen LogP contribution in [0, 0.1) is 0 Å². The molecule has 0 radical (unpaired) electrons. The number of hydrogen-bond donors (Lipinski definition) is 0. The second-order valence-corrected chi connectivity index (χ2v) is 4.42. The van der Waals surface area contributed by atoms with Gasteiger partial charge in [0.1, 0.15) is 11.2 Å². The van der Waals surface area contributed by atoms with Crippen LogP contribution in [0.15, 0.2) is 12.2 Å². The minimum absolute atomic E-state index is 0.00463. The summed E-state index contributed by atoms with van der Waals surface area (Å²) >= 11 is 0. The highest BCUT2D eigenvalue weighted by molar-refractivity contribution is 5.28. The Morgan fingerprint density at radius 3 is 2.31 bits per heavy atom. The number of methoxy groups -OCH3 is 1. The highest BCUT2D eigenvalue weighted by Crippen LogP contribution is 2.60. The molecule has 2 unspecified atom stereocenters. The van der Waals surface area contributed by atoms with Crippen LogP contribution in [0.2, 0.25) is 0 Å². The molecular formula is C11H18O2. The Kier molecular flexibility index (Phi) is 2.00. The SMILES string of the molecule is COC12CC=CCC1(OC(C)C)C2. The van der Waals surface area contributed by atoms with Crippen LogP contribution < -0.4 is 0 Å². The summed E-state index contributed by atoms with van der Waals surface area (Å²) in [6.45, 7) is 4.18. The van der Waals surface area contributed by atoms with Gasteiger partial charge in [0, 0.05) is 13.5 Å². The van der Waals surface area contributed by atoms with Gasteiger partial charge in [0.25, 0.3) is 0 Å². The standard InChI is InChI=1S/C11H18O2/c1-9(2)13-11-7-5-4-6-10(11,8-11)12-3/h4-5,9H,6-8H2,1-3H3. The average Bonchev–Trinajstić information content (AvgIpc) is 2.72. The van der Waals surface area contributed by atoms with Crippen LogP contribution in [-0.2, 0) is 9.47 Å². The molecule has 0 aliphatic heterocycles. The van der Waals surface area contributed by atoms with Crippen molar-refractivity contribution in [3.8, 4) is 0 Å². The first kappa shape index (κ1) is 9.22. The van der Waals surface area contributed by atoms with Crippen molar-refractivity contribution in [2.24, 2.45) is 0 Å². The van der Waals surface area contributed by atoms with E-state index in [0.717, 1.165) is 19.3 Å². The Bertz CT molecular complexity index is 234. The molecule has 2 rings (SSSR count). The van der Waals surface area contributed by atoms with E-state index in [2.05, 4.69) is 26.0 Å². The van der Waals surface area contributed by atoms with E-state index in [9.17, 15) is 0 Å². The molecule has 0 aromatic heterocycles. The molecule has 2 aliphatic carbocycles. The zero-order valence-electron chi connectivity index (χ0n) is 8.67. The van der Waals surface area contributed by atoms with Crippen LogP contribution in [-0.4, -0.2) is 24.4 Å². The quantitative estimate of drug-likeness (QED) is 0.623. The van der Waals surface area contributed by atoms with Crippen molar-refractivity contribution in [1.82, 2.24) is 0 Å². The van der Waals surface area contributed by atoms with Crippen molar-refractivity contribution in [3.63, 3.8) is 0 Å². The fourth-order valence-corrected chi connectivity index (χ4v) is 2.47. The van der Waals surface area contributed by atoms with Crippen LogP contribution in [0.25, 0.3) is 0 Å². The van der Waals surface area contributed by atoms with Crippen LogP contribution in [0.4, 0.5) is 0 Å². The predicted octanol–water partition coefficient (Wildman–Crippen LogP) is 2.29. The topological polar surface area (TPSA) is 18.5 Å². The Balaban J connectivity index is 2.12. The first-order chi connectivity index (χ1) is 6.14. The molecule has 2 heteroatoms. The molecule has 0 aromatic rings. The second kappa shape index (κ2) is 2.82. The van der Waals surface area contributed by atoms with E-state index < -0.39 is 0 Å². The van der Waals surface area contributed by atoms with Gasteiger partial charge in [0.15, 0.2) is 0 Å². The summed E-state index contributed by atoms with van der Waals surface area (Å²) in [5, 5.41) is 0. The van der Waals surface area contributed by atoms with Crippen LogP contribution in [0.3, 0.4) is 0 Å². The van der Waals surface area contributed by atoms with Crippen LogP contribution in [0.1, 0.15) is 33.1 Å². The van der Waals surface area contributed by atoms with Gasteiger partial charge in [-0.3, -0.25) is 0 Å². The first-order valence-corrected chi connectivity index (χ1v) is 5.02. The van der Waals surface area contributed by atoms with E-state index in [4.69, 9.17) is 9.47 Å². The predicted molar refractivity (Wildman–Crippen MR) is 51.7 cm³/mol. The number of ether oxygens (including phenoxy) is 2. The van der Waals surface area contributed by atoms with E-state index >= 15 is 0 Å². The van der Waals surface area contributed by atoms with E-state index in [1.165, 1.54) is 0 Å². The van der Waals surface area contributed by atoms with Crippen molar-refractivity contribution in [3.05, 3.63) is 12.2 Å². The Hall–Kier alpha value is -0.340. The molecule has 74 valence electrons. The molecular weight excluding hydrogens is 164 g/mol. The van der Waals surface area contributed by atoms with Gasteiger partial charge < -0.3 is 9.47 Å². The minimum atomic E-state index is 0.00463. The van der Waals surface area contributed by atoms with Crippen molar-refractivity contribution < 1.29 is 9.47 Å². The smallest absolute Gasteiger partial charge is 0.104 e. The van der Waals surface area contributed by atoms with Gasteiger partial charge in [-0.2, -0.15) is 0 Å². The number of hydrogen-bond acceptors (Lipinski definition) is 2. The molecule has 0 aromatic carbocycles. The van der Waals surface area contributed by atoms with Crippen LogP contribution >= 0.6 is 0 Å². The lowest BCUT2D eigenvalue weighted by Crippen LogP contribution is -2.34. The van der Waals surface area contributed by atoms with Gasteiger partial charge in [0.2, 0.25) is 0 Å². The molecule has 0 heterocycles. The van der Waals surface area contributed by atoms with Gasteiger partial charge in [0.05, 0.1) is 6.10 Å². The summed E-state index contributed by atoms with van der Waals surface area (Å²) in [5.74, 6) is 0. The fourth-order valence-electron chi connectivity index (χ4n) is 2.47. The van der Waals surface area contributed by atoms with E-state index in [0.29, 0.717) is 6.10 Å². The van der Waals surface area contributed by atoms with E-state index in [1.807, 2.05) is 0 Å². The lowest BCUT2D eigenvalue weighted by Gasteiger charge is -2.28. The third-order valence-electron chi connectivity index (χ3n) is 3.19. The fraction of sp³-hybridized carbons (Fsp3) is 0.818. The normalized spacial score (nSPS) is 42.2. The molecule has 0 amide bonds. The average molecular weight is 182 g/mol. The van der Waals surface area contributed by atoms with Gasteiger partial charge in [-0.15, -0.1) is 0 Å². The molecule has 2 nitrogen and oxygen atoms in total. The largest absolute Gasteiger partial charge is 0.375 e. The van der Waals surface area contributed by atoms with Gasteiger partial charge in [-0.05, 0) is 26.7 Å². The summed E-state index contributed by atoms with van der Waals surface area (Å²) in [7, 11) is 1.80. The maximum absolute atomic E-state index is 5.97. The maximum Gasteiger partial charge on any atom is 0.104 e. The lowest BCUT2D eigenvalue weighted by atomic mass is 10.0. The molecule has 1 fully saturated rings. The molecule has 2 aliphatic rings. The van der Waals surface area contributed by atoms with E-state index in [-0.39, 0.29) is 11.2 Å². The van der Waals surface area contributed by atoms with Crippen molar-refractivity contribution >= 4 is 0 Å². The third kappa shape index (κ3) is 1.24. The molecule has 13 heavy (non-hydrogen) atoms. The molecule has 0 saturated heterocycles. The Labute approximate surface area is 79.9 Å². The van der Waals surface area contributed by atoms with E-state index in [1.54, 1.807) is 7.11 Å². The molecule has 1 saturated carbocycles. The lowest BCUT2D eigenvalue weighted by molar-refractivity contribution is -0.0807. The number of fused-ring (bicyclic) bond motifs is 1. The molecule has 0 N–H and O–H groups in total. The highest BCUT2D eigenvalue weighted by atomic mass is 16.6. The van der Waals surface area contributed by atoms with Crippen molar-refractivity contribution in [2.45, 2.75) is 50.4 Å². The van der Waals surface area contributed by atoms with Gasteiger partial charge >= 0.3 is 0 Å². The maximum atomic E-state index is 5.97. The summed E-state index contributed by atoms with van der Waals surface area (Å²) in [6, 6.07) is 0. The first-order valence-electron chi connectivity index (χ1n) is 5.02. The Morgan fingerprint density at radius 1 is 1.15 bits per heavy atom. The van der Waals surface area contributed by atoms with Crippen LogP contribution in [0.5, 0.6) is 0 Å².